The normalized spacial score (nSPS) is 13.8. The Balaban J connectivity index is 3.14. The summed E-state index contributed by atoms with van der Waals surface area (Å²) in [5.41, 5.74) is 1.27. The summed E-state index contributed by atoms with van der Waals surface area (Å²) in [6.45, 7) is 7.72. The molecule has 0 amide bonds. The summed E-state index contributed by atoms with van der Waals surface area (Å²) in [5.74, 6) is 0. The molecule has 1 aromatic rings. The molecule has 0 bridgehead atoms. The number of likely N-dealkylation sites (N-methyl/N-ethyl adjacent to an activating group) is 1. The highest BCUT2D eigenvalue weighted by molar-refractivity contribution is 5.17. The minimum Gasteiger partial charge on any atom is -0.308 e. The highest BCUT2D eigenvalue weighted by Gasteiger charge is 2.38. The van der Waals surface area contributed by atoms with Gasteiger partial charge < -0.3 is 10.2 Å². The van der Waals surface area contributed by atoms with E-state index in [0.717, 1.165) is 25.8 Å². The molecule has 4 nitrogen and oxygen atoms in total. The molecule has 0 saturated carbocycles. The van der Waals surface area contributed by atoms with Crippen molar-refractivity contribution in [1.29, 1.82) is 0 Å². The molecule has 108 valence electrons. The van der Waals surface area contributed by atoms with Crippen LogP contribution in [-0.2, 0) is 0 Å². The zero-order valence-corrected chi connectivity index (χ0v) is 13.0. The van der Waals surface area contributed by atoms with Gasteiger partial charge in [0.1, 0.15) is 6.33 Å². The molecule has 1 aromatic heterocycles. The second-order valence-corrected chi connectivity index (χ2v) is 5.26. The van der Waals surface area contributed by atoms with Gasteiger partial charge in [0.25, 0.3) is 0 Å². The summed E-state index contributed by atoms with van der Waals surface area (Å²) in [4.78, 5) is 10.7. The summed E-state index contributed by atoms with van der Waals surface area (Å²) in [5, 5.41) is 3.69. The molecule has 0 aliphatic carbocycles. The summed E-state index contributed by atoms with van der Waals surface area (Å²) in [6.07, 6.45) is 8.77. The lowest BCUT2D eigenvalue weighted by atomic mass is 9.80. The van der Waals surface area contributed by atoms with E-state index in [4.69, 9.17) is 0 Å². The van der Waals surface area contributed by atoms with E-state index in [9.17, 15) is 0 Å². The second kappa shape index (κ2) is 7.56. The largest absolute Gasteiger partial charge is 0.308 e. The Morgan fingerprint density at radius 3 is 2.16 bits per heavy atom. The predicted molar refractivity (Wildman–Crippen MR) is 80.1 cm³/mol. The Hall–Kier alpha value is -1.00. The van der Waals surface area contributed by atoms with E-state index in [1.165, 1.54) is 5.56 Å². The van der Waals surface area contributed by atoms with Crippen molar-refractivity contribution in [3.05, 3.63) is 24.3 Å². The first-order chi connectivity index (χ1) is 9.12. The van der Waals surface area contributed by atoms with Crippen molar-refractivity contribution in [2.24, 2.45) is 0 Å². The second-order valence-electron chi connectivity index (χ2n) is 5.26. The Bertz CT molecular complexity index is 346. The van der Waals surface area contributed by atoms with E-state index in [-0.39, 0.29) is 11.6 Å². The van der Waals surface area contributed by atoms with E-state index in [1.807, 2.05) is 12.4 Å². The van der Waals surface area contributed by atoms with E-state index in [2.05, 4.69) is 55.1 Å². The highest BCUT2D eigenvalue weighted by atomic mass is 15.2. The molecule has 0 spiro atoms. The Morgan fingerprint density at radius 2 is 1.74 bits per heavy atom. The number of nitrogens with zero attached hydrogens (tertiary/aromatic N) is 3. The third kappa shape index (κ3) is 3.51. The lowest BCUT2D eigenvalue weighted by molar-refractivity contribution is 0.0878. The topological polar surface area (TPSA) is 41.1 Å². The van der Waals surface area contributed by atoms with Crippen molar-refractivity contribution in [3.63, 3.8) is 0 Å². The lowest BCUT2D eigenvalue weighted by Crippen LogP contribution is -2.53. The Morgan fingerprint density at radius 1 is 1.16 bits per heavy atom. The van der Waals surface area contributed by atoms with E-state index in [0.29, 0.717) is 0 Å². The summed E-state index contributed by atoms with van der Waals surface area (Å²) in [6, 6.07) is 0.263. The van der Waals surface area contributed by atoms with Crippen LogP contribution in [0.3, 0.4) is 0 Å². The zero-order chi connectivity index (χ0) is 14.3. The zero-order valence-electron chi connectivity index (χ0n) is 13.0. The molecule has 0 fully saturated rings. The highest BCUT2D eigenvalue weighted by Crippen LogP contribution is 2.35. The van der Waals surface area contributed by atoms with Gasteiger partial charge in [-0.25, -0.2) is 9.97 Å². The van der Waals surface area contributed by atoms with Crippen LogP contribution < -0.4 is 5.32 Å². The summed E-state index contributed by atoms with van der Waals surface area (Å²) >= 11 is 0. The van der Waals surface area contributed by atoms with Crippen LogP contribution in [0.25, 0.3) is 0 Å². The molecule has 1 heterocycles. The molecule has 19 heavy (non-hydrogen) atoms. The minimum atomic E-state index is 0.0971. The SMILES string of the molecule is CCCNC(c1cncnc1)C(CC)(CC)N(C)C. The molecule has 0 aromatic carbocycles. The molecule has 0 aliphatic heterocycles. The van der Waals surface area contributed by atoms with Crippen LogP contribution in [0, 0.1) is 0 Å². The Labute approximate surface area is 117 Å². The van der Waals surface area contributed by atoms with Crippen LogP contribution in [-0.4, -0.2) is 41.0 Å². The van der Waals surface area contributed by atoms with Gasteiger partial charge in [0.2, 0.25) is 0 Å². The fourth-order valence-corrected chi connectivity index (χ4v) is 2.92. The summed E-state index contributed by atoms with van der Waals surface area (Å²) in [7, 11) is 4.33. The number of hydrogen-bond acceptors (Lipinski definition) is 4. The quantitative estimate of drug-likeness (QED) is 0.783. The van der Waals surface area contributed by atoms with Gasteiger partial charge in [-0.05, 0) is 39.9 Å². The monoisotopic (exact) mass is 264 g/mol. The van der Waals surface area contributed by atoms with E-state index < -0.39 is 0 Å². The van der Waals surface area contributed by atoms with Crippen molar-refractivity contribution in [2.45, 2.75) is 51.6 Å². The van der Waals surface area contributed by atoms with Gasteiger partial charge in [-0.15, -0.1) is 0 Å². The maximum Gasteiger partial charge on any atom is 0.115 e. The van der Waals surface area contributed by atoms with Gasteiger partial charge in [-0.2, -0.15) is 0 Å². The fraction of sp³-hybridized carbons (Fsp3) is 0.733. The first kappa shape index (κ1) is 16.1. The molecule has 0 aliphatic rings. The van der Waals surface area contributed by atoms with Gasteiger partial charge in [-0.3, -0.25) is 0 Å². The van der Waals surface area contributed by atoms with Gasteiger partial charge in [-0.1, -0.05) is 20.8 Å². The van der Waals surface area contributed by atoms with Crippen molar-refractivity contribution in [1.82, 2.24) is 20.2 Å². The first-order valence-electron chi connectivity index (χ1n) is 7.28. The minimum absolute atomic E-state index is 0.0971. The molecule has 1 N–H and O–H groups in total. The van der Waals surface area contributed by atoms with E-state index >= 15 is 0 Å². The standard InChI is InChI=1S/C15H28N4/c1-6-9-18-14(13-10-16-12-17-11-13)15(7-2,8-3)19(4)5/h10-12,14,18H,6-9H2,1-5H3. The molecule has 1 unspecified atom stereocenters. The Kier molecular flexibility index (Phi) is 6.38. The van der Waals surface area contributed by atoms with Crippen LogP contribution in [0.5, 0.6) is 0 Å². The van der Waals surface area contributed by atoms with Crippen LogP contribution in [0.2, 0.25) is 0 Å². The van der Waals surface area contributed by atoms with Crippen molar-refractivity contribution < 1.29 is 0 Å². The van der Waals surface area contributed by atoms with Crippen molar-refractivity contribution in [3.8, 4) is 0 Å². The van der Waals surface area contributed by atoms with E-state index in [1.54, 1.807) is 6.33 Å². The number of hydrogen-bond donors (Lipinski definition) is 1. The van der Waals surface area contributed by atoms with Crippen molar-refractivity contribution in [2.75, 3.05) is 20.6 Å². The molecule has 0 radical (unpaired) electrons. The molecule has 1 atom stereocenters. The van der Waals surface area contributed by atoms with Crippen LogP contribution >= 0.6 is 0 Å². The number of aromatic nitrogens is 2. The smallest absolute Gasteiger partial charge is 0.115 e. The van der Waals surface area contributed by atoms with Gasteiger partial charge in [0.05, 0.1) is 6.04 Å². The average molecular weight is 264 g/mol. The summed E-state index contributed by atoms with van der Waals surface area (Å²) < 4.78 is 0. The van der Waals surface area contributed by atoms with Gasteiger partial charge in [0, 0.05) is 23.5 Å². The average Bonchev–Trinajstić information content (AvgIpc) is 2.44. The third-order valence-corrected chi connectivity index (χ3v) is 4.16. The fourth-order valence-electron chi connectivity index (χ4n) is 2.92. The van der Waals surface area contributed by atoms with Gasteiger partial charge >= 0.3 is 0 Å². The van der Waals surface area contributed by atoms with Crippen molar-refractivity contribution >= 4 is 0 Å². The maximum atomic E-state index is 4.19. The molecule has 0 saturated heterocycles. The van der Waals surface area contributed by atoms with Crippen LogP contribution in [0.4, 0.5) is 0 Å². The molecule has 4 heteroatoms. The van der Waals surface area contributed by atoms with Crippen LogP contribution in [0.1, 0.15) is 51.6 Å². The maximum absolute atomic E-state index is 4.19. The van der Waals surface area contributed by atoms with Crippen LogP contribution in [0.15, 0.2) is 18.7 Å². The number of rotatable bonds is 8. The predicted octanol–water partition coefficient (Wildman–Crippen LogP) is 2.64. The van der Waals surface area contributed by atoms with Gasteiger partial charge in [0.15, 0.2) is 0 Å². The number of nitrogens with one attached hydrogen (secondary N) is 1. The lowest BCUT2D eigenvalue weighted by Gasteiger charge is -2.45. The molecular formula is C15H28N4. The first-order valence-corrected chi connectivity index (χ1v) is 7.28. The third-order valence-electron chi connectivity index (χ3n) is 4.16. The molecular weight excluding hydrogens is 236 g/mol. The molecule has 1 rings (SSSR count).